The van der Waals surface area contributed by atoms with Gasteiger partial charge in [0.05, 0.1) is 0 Å². The van der Waals surface area contributed by atoms with E-state index >= 15 is 0 Å². The largest absolute Gasteiger partial charge is 0.324 e. The van der Waals surface area contributed by atoms with Crippen molar-refractivity contribution in [3.63, 3.8) is 0 Å². The van der Waals surface area contributed by atoms with Crippen molar-refractivity contribution >= 4 is 46.5 Å². The smallest absolute Gasteiger partial charge is 0.322 e. The summed E-state index contributed by atoms with van der Waals surface area (Å²) < 4.78 is 0. The molecule has 0 saturated carbocycles. The highest BCUT2D eigenvalue weighted by atomic mass is 35.5. The minimum Gasteiger partial charge on any atom is -0.322 e. The summed E-state index contributed by atoms with van der Waals surface area (Å²) in [5.74, 6) is -0.235. The molecule has 0 aromatic heterocycles. The van der Waals surface area contributed by atoms with Gasteiger partial charge in [-0.3, -0.25) is 9.69 Å². The summed E-state index contributed by atoms with van der Waals surface area (Å²) in [5.41, 5.74) is 2.87. The number of carbonyl (C=O) groups is 2. The summed E-state index contributed by atoms with van der Waals surface area (Å²) in [6, 6.07) is 21.5. The molecule has 3 aromatic carbocycles. The molecule has 7 heteroatoms. The van der Waals surface area contributed by atoms with Gasteiger partial charge in [0, 0.05) is 46.6 Å². The number of hydrogen-bond acceptors (Lipinski definition) is 2. The van der Waals surface area contributed by atoms with E-state index in [1.54, 1.807) is 35.2 Å². The predicted molar refractivity (Wildman–Crippen MR) is 125 cm³/mol. The number of amides is 3. The van der Waals surface area contributed by atoms with Crippen LogP contribution in [0.2, 0.25) is 10.0 Å². The molecular formula is C24H21Cl2N3O2. The molecule has 1 aliphatic heterocycles. The maximum absolute atomic E-state index is 13.1. The molecule has 0 atom stereocenters. The summed E-state index contributed by atoms with van der Waals surface area (Å²) in [5, 5.41) is 4.11. The van der Waals surface area contributed by atoms with Crippen LogP contribution in [0.1, 0.15) is 22.3 Å². The van der Waals surface area contributed by atoms with Crippen LogP contribution in [0, 0.1) is 0 Å². The summed E-state index contributed by atoms with van der Waals surface area (Å²) in [4.78, 5) is 29.2. The molecule has 5 nitrogen and oxygen atoms in total. The fraction of sp³-hybridized carbons (Fsp3) is 0.167. The van der Waals surface area contributed by atoms with E-state index in [0.29, 0.717) is 40.9 Å². The molecule has 3 aromatic rings. The van der Waals surface area contributed by atoms with Crippen LogP contribution >= 0.6 is 23.2 Å². The van der Waals surface area contributed by atoms with Crippen LogP contribution in [0.3, 0.4) is 0 Å². The number of carbonyl (C=O) groups excluding carboxylic acids is 2. The first kappa shape index (κ1) is 21.2. The van der Waals surface area contributed by atoms with Gasteiger partial charge in [0.15, 0.2) is 0 Å². The van der Waals surface area contributed by atoms with Crippen molar-refractivity contribution < 1.29 is 9.59 Å². The number of nitrogens with one attached hydrogen (secondary N) is 1. The molecule has 0 spiro atoms. The van der Waals surface area contributed by atoms with E-state index in [1.807, 2.05) is 47.4 Å². The van der Waals surface area contributed by atoms with E-state index in [0.717, 1.165) is 17.7 Å². The Morgan fingerprint density at radius 1 is 0.903 bits per heavy atom. The number of halogens is 2. The van der Waals surface area contributed by atoms with E-state index in [4.69, 9.17) is 23.2 Å². The molecule has 3 amide bonds. The van der Waals surface area contributed by atoms with E-state index in [9.17, 15) is 9.59 Å². The quantitative estimate of drug-likeness (QED) is 0.508. The van der Waals surface area contributed by atoms with Crippen molar-refractivity contribution in [3.05, 3.63) is 94.0 Å². The third kappa shape index (κ3) is 5.19. The van der Waals surface area contributed by atoms with E-state index in [-0.39, 0.29) is 11.9 Å². The lowest BCUT2D eigenvalue weighted by molar-refractivity contribution is 0.102. The molecule has 31 heavy (non-hydrogen) atoms. The molecule has 1 aliphatic rings. The Labute approximate surface area is 191 Å². The zero-order valence-electron chi connectivity index (χ0n) is 16.7. The SMILES string of the molecule is O=C(Nc1cccc(N2CCCN(Cc3cccc(Cl)c3)C2=O)c1)c1ccc(Cl)cc1. The van der Waals surface area contributed by atoms with Gasteiger partial charge in [-0.05, 0) is 66.6 Å². The molecule has 0 bridgehead atoms. The van der Waals surface area contributed by atoms with Crippen molar-refractivity contribution in [2.75, 3.05) is 23.3 Å². The van der Waals surface area contributed by atoms with E-state index < -0.39 is 0 Å². The van der Waals surface area contributed by atoms with Gasteiger partial charge in [-0.15, -0.1) is 0 Å². The summed E-state index contributed by atoms with van der Waals surface area (Å²) >= 11 is 12.0. The average Bonchev–Trinajstić information content (AvgIpc) is 2.76. The second-order valence-corrected chi connectivity index (χ2v) is 8.22. The van der Waals surface area contributed by atoms with Crippen LogP contribution in [0.25, 0.3) is 0 Å². The lowest BCUT2D eigenvalue weighted by Crippen LogP contribution is -2.49. The predicted octanol–water partition coefficient (Wildman–Crippen LogP) is 6.08. The minimum atomic E-state index is -0.235. The molecular weight excluding hydrogens is 433 g/mol. The van der Waals surface area contributed by atoms with Crippen LogP contribution in [-0.2, 0) is 6.54 Å². The van der Waals surface area contributed by atoms with Gasteiger partial charge in [-0.1, -0.05) is 41.4 Å². The van der Waals surface area contributed by atoms with Gasteiger partial charge in [0.2, 0.25) is 0 Å². The van der Waals surface area contributed by atoms with Gasteiger partial charge >= 0.3 is 6.03 Å². The summed E-state index contributed by atoms with van der Waals surface area (Å²) in [7, 11) is 0. The number of urea groups is 1. The second-order valence-electron chi connectivity index (χ2n) is 7.35. The molecule has 158 valence electrons. The van der Waals surface area contributed by atoms with Gasteiger partial charge in [0.25, 0.3) is 5.91 Å². The Morgan fingerprint density at radius 3 is 2.45 bits per heavy atom. The second kappa shape index (κ2) is 9.41. The first-order chi connectivity index (χ1) is 15.0. The van der Waals surface area contributed by atoms with Crippen LogP contribution in [0.4, 0.5) is 16.2 Å². The molecule has 1 heterocycles. The van der Waals surface area contributed by atoms with E-state index in [2.05, 4.69) is 5.32 Å². The molecule has 0 radical (unpaired) electrons. The lowest BCUT2D eigenvalue weighted by Gasteiger charge is -2.36. The fourth-order valence-corrected chi connectivity index (χ4v) is 3.92. The number of rotatable bonds is 5. The number of anilines is 2. The highest BCUT2D eigenvalue weighted by molar-refractivity contribution is 6.31. The number of hydrogen-bond donors (Lipinski definition) is 1. The standard InChI is InChI=1S/C24H21Cl2N3O2/c25-19-10-8-18(9-11-19)23(30)27-21-6-2-7-22(15-21)29-13-3-12-28(24(29)31)16-17-4-1-5-20(26)14-17/h1-2,4-11,14-15H,3,12-13,16H2,(H,27,30). The highest BCUT2D eigenvalue weighted by Gasteiger charge is 2.27. The maximum Gasteiger partial charge on any atom is 0.324 e. The van der Waals surface area contributed by atoms with E-state index in [1.165, 1.54) is 0 Å². The summed E-state index contributed by atoms with van der Waals surface area (Å²) in [6.45, 7) is 1.82. The highest BCUT2D eigenvalue weighted by Crippen LogP contribution is 2.25. The topological polar surface area (TPSA) is 52.7 Å². The average molecular weight is 454 g/mol. The molecule has 0 aliphatic carbocycles. The van der Waals surface area contributed by atoms with Crippen LogP contribution < -0.4 is 10.2 Å². The molecule has 1 N–H and O–H groups in total. The van der Waals surface area contributed by atoms with Crippen molar-refractivity contribution in [2.45, 2.75) is 13.0 Å². The Balaban J connectivity index is 1.48. The Bertz CT molecular complexity index is 1100. The van der Waals surface area contributed by atoms with Crippen molar-refractivity contribution in [3.8, 4) is 0 Å². The van der Waals surface area contributed by atoms with Gasteiger partial charge in [0.1, 0.15) is 0 Å². The Hall–Kier alpha value is -3.02. The number of benzene rings is 3. The van der Waals surface area contributed by atoms with Gasteiger partial charge in [-0.25, -0.2) is 4.79 Å². The molecule has 0 unspecified atom stereocenters. The first-order valence-electron chi connectivity index (χ1n) is 9.97. The normalized spacial score (nSPS) is 13.9. The van der Waals surface area contributed by atoms with Crippen molar-refractivity contribution in [2.24, 2.45) is 0 Å². The molecule has 4 rings (SSSR count). The van der Waals surface area contributed by atoms with Gasteiger partial charge < -0.3 is 10.2 Å². The monoisotopic (exact) mass is 453 g/mol. The zero-order chi connectivity index (χ0) is 21.8. The van der Waals surface area contributed by atoms with Crippen LogP contribution in [0.15, 0.2) is 72.8 Å². The maximum atomic E-state index is 13.1. The van der Waals surface area contributed by atoms with Crippen molar-refractivity contribution in [1.29, 1.82) is 0 Å². The third-order valence-electron chi connectivity index (χ3n) is 5.10. The van der Waals surface area contributed by atoms with Crippen molar-refractivity contribution in [1.82, 2.24) is 4.90 Å². The van der Waals surface area contributed by atoms with Crippen LogP contribution in [-0.4, -0.2) is 29.9 Å². The minimum absolute atomic E-state index is 0.0626. The first-order valence-corrected chi connectivity index (χ1v) is 10.7. The van der Waals surface area contributed by atoms with Gasteiger partial charge in [-0.2, -0.15) is 0 Å². The summed E-state index contributed by atoms with van der Waals surface area (Å²) in [6.07, 6.45) is 0.855. The lowest BCUT2D eigenvalue weighted by atomic mass is 10.1. The number of nitrogens with zero attached hydrogens (tertiary/aromatic N) is 2. The zero-order valence-corrected chi connectivity index (χ0v) is 18.2. The fourth-order valence-electron chi connectivity index (χ4n) is 3.58. The van der Waals surface area contributed by atoms with Crippen LogP contribution in [0.5, 0.6) is 0 Å². The molecule has 1 fully saturated rings. The Kier molecular flexibility index (Phi) is 6.44. The molecule has 1 saturated heterocycles. The Morgan fingerprint density at radius 2 is 1.68 bits per heavy atom. The third-order valence-corrected chi connectivity index (χ3v) is 5.58.